The molecule has 0 aromatic heterocycles. The largest absolute Gasteiger partial charge is 0.356 e. The van der Waals surface area contributed by atoms with Gasteiger partial charge in [-0.25, -0.2) is 0 Å². The topological polar surface area (TPSA) is 75.6 Å². The number of hydrogen-bond acceptors (Lipinski definition) is 3. The van der Waals surface area contributed by atoms with E-state index < -0.39 is 7.60 Å². The highest BCUT2D eigenvalue weighted by Gasteiger charge is 2.14. The molecule has 0 aliphatic heterocycles. The average Bonchev–Trinajstić information content (AvgIpc) is 2.03. The van der Waals surface area contributed by atoms with Crippen molar-refractivity contribution in [3.05, 3.63) is 0 Å². The van der Waals surface area contributed by atoms with E-state index >= 15 is 0 Å². The Morgan fingerprint density at radius 3 is 2.69 bits per heavy atom. The van der Waals surface area contributed by atoms with E-state index in [0.29, 0.717) is 13.0 Å². The van der Waals surface area contributed by atoms with Gasteiger partial charge in [-0.2, -0.15) is 0 Å². The zero-order valence-electron chi connectivity index (χ0n) is 7.95. The van der Waals surface area contributed by atoms with Gasteiger partial charge in [0.2, 0.25) is 5.91 Å². The van der Waals surface area contributed by atoms with Gasteiger partial charge in [0, 0.05) is 19.6 Å². The minimum Gasteiger partial charge on any atom is -0.356 e. The predicted molar refractivity (Wildman–Crippen MR) is 49.6 cm³/mol. The summed E-state index contributed by atoms with van der Waals surface area (Å²) in [6.07, 6.45) is 0.664. The lowest BCUT2D eigenvalue weighted by Crippen LogP contribution is -2.21. The van der Waals surface area contributed by atoms with Crippen LogP contribution >= 0.6 is 7.60 Å². The van der Waals surface area contributed by atoms with Crippen molar-refractivity contribution in [2.75, 3.05) is 19.3 Å². The molecule has 0 aliphatic carbocycles. The average molecular weight is 209 g/mol. The summed E-state index contributed by atoms with van der Waals surface area (Å²) in [7, 11) is -3.35. The highest BCUT2D eigenvalue weighted by molar-refractivity contribution is 7.52. The Morgan fingerprint density at radius 2 is 2.23 bits per heavy atom. The Bertz CT molecular complexity index is 207. The molecule has 0 fully saturated rings. The summed E-state index contributed by atoms with van der Waals surface area (Å²) in [5.41, 5.74) is 0. The van der Waals surface area contributed by atoms with E-state index in [1.54, 1.807) is 6.92 Å². The van der Waals surface area contributed by atoms with Gasteiger partial charge in [0.15, 0.2) is 0 Å². The molecule has 0 saturated heterocycles. The first-order valence-corrected chi connectivity index (χ1v) is 5.95. The van der Waals surface area contributed by atoms with Crippen molar-refractivity contribution in [3.63, 3.8) is 0 Å². The first-order valence-electron chi connectivity index (χ1n) is 4.18. The number of amides is 1. The van der Waals surface area contributed by atoms with Gasteiger partial charge in [-0.15, -0.1) is 0 Å². The molecule has 0 aliphatic rings. The van der Waals surface area contributed by atoms with Gasteiger partial charge in [-0.05, 0) is 6.42 Å². The van der Waals surface area contributed by atoms with E-state index in [4.69, 9.17) is 9.42 Å². The highest BCUT2D eigenvalue weighted by Crippen LogP contribution is 2.40. The van der Waals surface area contributed by atoms with E-state index in [1.165, 1.54) is 6.92 Å². The molecule has 0 spiro atoms. The maximum Gasteiger partial charge on any atom is 0.327 e. The highest BCUT2D eigenvalue weighted by atomic mass is 31.2. The van der Waals surface area contributed by atoms with Crippen LogP contribution < -0.4 is 5.32 Å². The number of hydrogen-bond donors (Lipinski definition) is 2. The van der Waals surface area contributed by atoms with Gasteiger partial charge in [0.25, 0.3) is 0 Å². The molecule has 1 amide bonds. The number of nitrogens with one attached hydrogen (secondary N) is 1. The third-order valence-electron chi connectivity index (χ3n) is 1.39. The Balaban J connectivity index is 3.36. The second-order valence-corrected chi connectivity index (χ2v) is 4.79. The molecular formula is C7H16NO4P. The van der Waals surface area contributed by atoms with E-state index in [-0.39, 0.29) is 18.7 Å². The van der Waals surface area contributed by atoms with Crippen LogP contribution in [0.3, 0.4) is 0 Å². The van der Waals surface area contributed by atoms with E-state index in [1.807, 2.05) is 0 Å². The summed E-state index contributed by atoms with van der Waals surface area (Å²) in [4.78, 5) is 19.4. The first-order chi connectivity index (χ1) is 5.98. The molecule has 6 heteroatoms. The van der Waals surface area contributed by atoms with Crippen molar-refractivity contribution in [3.8, 4) is 0 Å². The normalized spacial score (nSPS) is 15.0. The molecule has 0 radical (unpaired) electrons. The van der Waals surface area contributed by atoms with Crippen molar-refractivity contribution >= 4 is 13.5 Å². The van der Waals surface area contributed by atoms with Crippen molar-refractivity contribution < 1.29 is 18.8 Å². The second kappa shape index (κ2) is 6.13. The first kappa shape index (κ1) is 12.6. The standard InChI is InChI=1S/C7H16NO4P/c1-3-13(10,11)12-6-4-5-8-7(2)9/h3-6H2,1-2H3,(H,8,9)(H,10,11). The molecular weight excluding hydrogens is 193 g/mol. The molecule has 13 heavy (non-hydrogen) atoms. The lowest BCUT2D eigenvalue weighted by Gasteiger charge is -2.09. The third-order valence-corrected chi connectivity index (χ3v) is 2.77. The Hall–Kier alpha value is -0.380. The number of carbonyl (C=O) groups is 1. The minimum absolute atomic E-state index is 0.109. The Labute approximate surface area is 78.0 Å². The summed E-state index contributed by atoms with van der Waals surface area (Å²) in [5.74, 6) is -0.109. The Morgan fingerprint density at radius 1 is 1.62 bits per heavy atom. The van der Waals surface area contributed by atoms with Gasteiger partial charge in [-0.1, -0.05) is 6.92 Å². The summed E-state index contributed by atoms with van der Waals surface area (Å²) in [6.45, 7) is 3.68. The molecule has 0 bridgehead atoms. The van der Waals surface area contributed by atoms with Crippen LogP contribution in [0.1, 0.15) is 20.3 Å². The zero-order valence-corrected chi connectivity index (χ0v) is 8.84. The van der Waals surface area contributed by atoms with Gasteiger partial charge in [0.05, 0.1) is 6.61 Å². The SMILES string of the molecule is CCP(=O)(O)OCCCNC(C)=O. The van der Waals surface area contributed by atoms with Gasteiger partial charge in [-0.3, -0.25) is 9.36 Å². The van der Waals surface area contributed by atoms with Gasteiger partial charge < -0.3 is 14.7 Å². The molecule has 5 nitrogen and oxygen atoms in total. The van der Waals surface area contributed by atoms with Crippen LogP contribution in [0.25, 0.3) is 0 Å². The minimum atomic E-state index is -3.35. The third kappa shape index (κ3) is 7.96. The molecule has 0 saturated carbocycles. The fraction of sp³-hybridized carbons (Fsp3) is 0.857. The zero-order chi connectivity index (χ0) is 10.3. The smallest absolute Gasteiger partial charge is 0.327 e. The van der Waals surface area contributed by atoms with E-state index in [0.717, 1.165) is 0 Å². The monoisotopic (exact) mass is 209 g/mol. The van der Waals surface area contributed by atoms with Crippen LogP contribution in [0, 0.1) is 0 Å². The van der Waals surface area contributed by atoms with Gasteiger partial charge in [0.1, 0.15) is 0 Å². The molecule has 1 unspecified atom stereocenters. The maximum atomic E-state index is 10.9. The van der Waals surface area contributed by atoms with E-state index in [2.05, 4.69) is 5.32 Å². The predicted octanol–water partition coefficient (Wildman–Crippen LogP) is 0.734. The number of rotatable bonds is 6. The van der Waals surface area contributed by atoms with Crippen molar-refractivity contribution in [2.45, 2.75) is 20.3 Å². The van der Waals surface area contributed by atoms with Crippen molar-refractivity contribution in [1.29, 1.82) is 0 Å². The van der Waals surface area contributed by atoms with Crippen molar-refractivity contribution in [1.82, 2.24) is 5.32 Å². The quantitative estimate of drug-likeness (QED) is 0.499. The Kier molecular flexibility index (Phi) is 5.95. The molecule has 2 N–H and O–H groups in total. The molecule has 78 valence electrons. The van der Waals surface area contributed by atoms with Crippen LogP contribution in [0.2, 0.25) is 0 Å². The van der Waals surface area contributed by atoms with Crippen LogP contribution in [0.4, 0.5) is 0 Å². The second-order valence-electron chi connectivity index (χ2n) is 2.62. The summed E-state index contributed by atoms with van der Waals surface area (Å²) in [5, 5.41) is 2.56. The van der Waals surface area contributed by atoms with E-state index in [9.17, 15) is 9.36 Å². The summed E-state index contributed by atoms with van der Waals surface area (Å²) < 4.78 is 15.6. The van der Waals surface area contributed by atoms with Gasteiger partial charge >= 0.3 is 7.60 Å². The maximum absolute atomic E-state index is 10.9. The molecule has 0 aromatic carbocycles. The van der Waals surface area contributed by atoms with Crippen molar-refractivity contribution in [2.24, 2.45) is 0 Å². The lowest BCUT2D eigenvalue weighted by atomic mass is 10.4. The van der Waals surface area contributed by atoms with Crippen LogP contribution in [0.15, 0.2) is 0 Å². The fourth-order valence-electron chi connectivity index (χ4n) is 0.635. The number of carbonyl (C=O) groups excluding carboxylic acids is 1. The summed E-state index contributed by atoms with van der Waals surface area (Å²) in [6, 6.07) is 0. The molecule has 0 aromatic rings. The lowest BCUT2D eigenvalue weighted by molar-refractivity contribution is -0.118. The molecule has 0 rings (SSSR count). The van der Waals surface area contributed by atoms with Crippen LogP contribution in [-0.2, 0) is 13.9 Å². The fourth-order valence-corrected chi connectivity index (χ4v) is 1.23. The molecule has 1 atom stereocenters. The van der Waals surface area contributed by atoms with Crippen LogP contribution in [0.5, 0.6) is 0 Å². The summed E-state index contributed by atoms with van der Waals surface area (Å²) >= 11 is 0. The molecule has 0 heterocycles. The van der Waals surface area contributed by atoms with Crippen LogP contribution in [-0.4, -0.2) is 30.1 Å².